The van der Waals surface area contributed by atoms with Crippen molar-refractivity contribution >= 4 is 17.6 Å². The van der Waals surface area contributed by atoms with Crippen LogP contribution in [0.4, 0.5) is 18.0 Å². The Bertz CT molecular complexity index is 1190. The van der Waals surface area contributed by atoms with Gasteiger partial charge in [-0.2, -0.15) is 0 Å². The summed E-state index contributed by atoms with van der Waals surface area (Å²) in [5, 5.41) is 11.6. The molecule has 168 valence electrons. The number of aromatic nitrogens is 2. The van der Waals surface area contributed by atoms with Gasteiger partial charge in [0.2, 0.25) is 0 Å². The fourth-order valence-corrected chi connectivity index (χ4v) is 3.77. The van der Waals surface area contributed by atoms with E-state index < -0.39 is 41.1 Å². The van der Waals surface area contributed by atoms with Crippen molar-refractivity contribution in [2.75, 3.05) is 26.7 Å². The van der Waals surface area contributed by atoms with Gasteiger partial charge in [0.05, 0.1) is 36.2 Å². The Morgan fingerprint density at radius 2 is 1.97 bits per heavy atom. The van der Waals surface area contributed by atoms with Gasteiger partial charge in [0.25, 0.3) is 5.91 Å². The van der Waals surface area contributed by atoms with Crippen molar-refractivity contribution in [3.63, 3.8) is 0 Å². The van der Waals surface area contributed by atoms with E-state index in [1.54, 1.807) is 0 Å². The fourth-order valence-electron chi connectivity index (χ4n) is 3.77. The van der Waals surface area contributed by atoms with Gasteiger partial charge in [-0.3, -0.25) is 4.79 Å². The molecule has 1 saturated heterocycles. The Balaban J connectivity index is 1.82. The van der Waals surface area contributed by atoms with E-state index in [1.807, 2.05) is 0 Å². The van der Waals surface area contributed by atoms with Crippen LogP contribution in [-0.2, 0) is 11.2 Å². The Kier molecular flexibility index (Phi) is 5.74. The zero-order chi connectivity index (χ0) is 23.0. The van der Waals surface area contributed by atoms with E-state index in [0.29, 0.717) is 5.69 Å². The monoisotopic (exact) mass is 448 g/mol. The maximum atomic E-state index is 15.0. The number of morpholine rings is 1. The SMILES string of the molecule is CNC(=O)c1cc(F)c(-c2nc3cc(F)ccn3c2C[C@H]2CN(C(=O)O)CCO2)c(F)c1. The van der Waals surface area contributed by atoms with E-state index in [4.69, 9.17) is 4.74 Å². The summed E-state index contributed by atoms with van der Waals surface area (Å²) >= 11 is 0. The number of benzene rings is 1. The molecule has 0 spiro atoms. The van der Waals surface area contributed by atoms with Crippen LogP contribution in [0.25, 0.3) is 16.9 Å². The Labute approximate surface area is 180 Å². The van der Waals surface area contributed by atoms with Crippen molar-refractivity contribution in [2.45, 2.75) is 12.5 Å². The number of ether oxygens (including phenoxy) is 1. The molecule has 8 nitrogen and oxygen atoms in total. The van der Waals surface area contributed by atoms with Crippen LogP contribution in [0.2, 0.25) is 0 Å². The second-order valence-electron chi connectivity index (χ2n) is 7.30. The molecule has 2 N–H and O–H groups in total. The third-order valence-corrected chi connectivity index (χ3v) is 5.29. The van der Waals surface area contributed by atoms with Crippen molar-refractivity contribution in [3.8, 4) is 11.3 Å². The maximum Gasteiger partial charge on any atom is 0.407 e. The third-order valence-electron chi connectivity index (χ3n) is 5.29. The van der Waals surface area contributed by atoms with Crippen LogP contribution in [0.15, 0.2) is 30.5 Å². The average Bonchev–Trinajstić information content (AvgIpc) is 3.09. The number of hydrogen-bond donors (Lipinski definition) is 2. The second kappa shape index (κ2) is 8.50. The lowest BCUT2D eigenvalue weighted by Crippen LogP contribution is -2.45. The van der Waals surface area contributed by atoms with Gasteiger partial charge in [0, 0.05) is 37.8 Å². The van der Waals surface area contributed by atoms with Gasteiger partial charge >= 0.3 is 6.09 Å². The largest absolute Gasteiger partial charge is 0.465 e. The molecule has 3 aromatic rings. The molecule has 1 aromatic carbocycles. The minimum absolute atomic E-state index is 0.0593. The van der Waals surface area contributed by atoms with Gasteiger partial charge in [0.15, 0.2) is 0 Å². The quantitative estimate of drug-likeness (QED) is 0.640. The van der Waals surface area contributed by atoms with E-state index >= 15 is 0 Å². The lowest BCUT2D eigenvalue weighted by molar-refractivity contribution is -0.0214. The van der Waals surface area contributed by atoms with Gasteiger partial charge in [-0.15, -0.1) is 0 Å². The minimum atomic E-state index is -1.10. The topological polar surface area (TPSA) is 96.2 Å². The summed E-state index contributed by atoms with van der Waals surface area (Å²) in [5.41, 5.74) is -0.305. The summed E-state index contributed by atoms with van der Waals surface area (Å²) in [6.45, 7) is 0.437. The molecule has 2 amide bonds. The molecule has 0 radical (unpaired) electrons. The molecule has 1 aliphatic rings. The van der Waals surface area contributed by atoms with E-state index in [2.05, 4.69) is 10.3 Å². The van der Waals surface area contributed by atoms with Gasteiger partial charge < -0.3 is 24.5 Å². The van der Waals surface area contributed by atoms with Crippen molar-refractivity contribution < 1.29 is 32.6 Å². The van der Waals surface area contributed by atoms with Crippen molar-refractivity contribution in [2.24, 2.45) is 0 Å². The number of nitrogens with one attached hydrogen (secondary N) is 1. The lowest BCUT2D eigenvalue weighted by Gasteiger charge is -2.31. The zero-order valence-electron chi connectivity index (χ0n) is 16.9. The first-order valence-corrected chi connectivity index (χ1v) is 9.76. The Hall–Kier alpha value is -3.60. The summed E-state index contributed by atoms with van der Waals surface area (Å²) < 4.78 is 50.8. The third kappa shape index (κ3) is 3.98. The summed E-state index contributed by atoms with van der Waals surface area (Å²) in [6, 6.07) is 4.09. The van der Waals surface area contributed by atoms with E-state index in [0.717, 1.165) is 18.2 Å². The molecule has 4 rings (SSSR count). The number of hydrogen-bond acceptors (Lipinski definition) is 4. The van der Waals surface area contributed by atoms with Gasteiger partial charge in [-0.25, -0.2) is 22.9 Å². The molecule has 1 aliphatic heterocycles. The number of carbonyl (C=O) groups is 2. The normalized spacial score (nSPS) is 16.4. The molecule has 1 atom stereocenters. The standard InChI is InChI=1S/C21H19F3N4O4/c1-25-20(29)11-6-14(23)18(15(24)7-11)19-16(28-3-2-12(22)8-17(28)26-19)9-13-10-27(21(30)31)4-5-32-13/h2-3,6-8,13H,4-5,9-10H2,1H3,(H,25,29)(H,30,31)/t13-/m0/s1. The molecule has 0 saturated carbocycles. The van der Waals surface area contributed by atoms with Crippen LogP contribution in [0.5, 0.6) is 0 Å². The Morgan fingerprint density at radius 1 is 1.25 bits per heavy atom. The molecule has 2 aromatic heterocycles. The number of fused-ring (bicyclic) bond motifs is 1. The first-order valence-electron chi connectivity index (χ1n) is 9.76. The highest BCUT2D eigenvalue weighted by Gasteiger charge is 2.29. The van der Waals surface area contributed by atoms with Crippen LogP contribution in [0.1, 0.15) is 16.1 Å². The van der Waals surface area contributed by atoms with E-state index in [1.165, 1.54) is 28.6 Å². The highest BCUT2D eigenvalue weighted by molar-refractivity contribution is 5.94. The van der Waals surface area contributed by atoms with Crippen LogP contribution in [0, 0.1) is 17.5 Å². The molecular weight excluding hydrogens is 429 g/mol. The highest BCUT2D eigenvalue weighted by atomic mass is 19.1. The number of carboxylic acid groups (broad SMARTS) is 1. The first kappa shape index (κ1) is 21.6. The van der Waals surface area contributed by atoms with E-state index in [-0.39, 0.29) is 43.0 Å². The number of halogens is 3. The number of carbonyl (C=O) groups excluding carboxylic acids is 1. The number of rotatable bonds is 4. The van der Waals surface area contributed by atoms with Gasteiger partial charge in [-0.05, 0) is 18.2 Å². The molecule has 0 bridgehead atoms. The molecular formula is C21H19F3N4O4. The molecule has 3 heterocycles. The predicted molar refractivity (Wildman–Crippen MR) is 107 cm³/mol. The van der Waals surface area contributed by atoms with Crippen LogP contribution >= 0.6 is 0 Å². The molecule has 11 heteroatoms. The molecule has 1 fully saturated rings. The smallest absolute Gasteiger partial charge is 0.407 e. The lowest BCUT2D eigenvalue weighted by atomic mass is 10.0. The molecule has 0 unspecified atom stereocenters. The first-order chi connectivity index (χ1) is 15.3. The highest BCUT2D eigenvalue weighted by Crippen LogP contribution is 2.32. The van der Waals surface area contributed by atoms with Crippen LogP contribution < -0.4 is 5.32 Å². The Morgan fingerprint density at radius 3 is 2.62 bits per heavy atom. The van der Waals surface area contributed by atoms with E-state index in [9.17, 15) is 27.9 Å². The summed E-state index contributed by atoms with van der Waals surface area (Å²) in [4.78, 5) is 28.5. The number of amides is 2. The van der Waals surface area contributed by atoms with Gasteiger partial charge in [0.1, 0.15) is 23.1 Å². The number of imidazole rings is 1. The average molecular weight is 448 g/mol. The second-order valence-corrected chi connectivity index (χ2v) is 7.30. The van der Waals surface area contributed by atoms with Crippen molar-refractivity contribution in [1.82, 2.24) is 19.6 Å². The number of pyridine rings is 1. The zero-order valence-corrected chi connectivity index (χ0v) is 16.9. The van der Waals surface area contributed by atoms with Crippen molar-refractivity contribution in [3.05, 3.63) is 59.2 Å². The molecule has 0 aliphatic carbocycles. The van der Waals surface area contributed by atoms with Gasteiger partial charge in [-0.1, -0.05) is 0 Å². The summed E-state index contributed by atoms with van der Waals surface area (Å²) in [7, 11) is 1.34. The summed E-state index contributed by atoms with van der Waals surface area (Å²) in [6.07, 6.45) is -0.245. The van der Waals surface area contributed by atoms with Crippen LogP contribution in [-0.4, -0.2) is 64.2 Å². The van der Waals surface area contributed by atoms with Crippen LogP contribution in [0.3, 0.4) is 0 Å². The molecule has 32 heavy (non-hydrogen) atoms. The number of nitrogens with zero attached hydrogens (tertiary/aromatic N) is 3. The maximum absolute atomic E-state index is 15.0. The minimum Gasteiger partial charge on any atom is -0.465 e. The summed E-state index contributed by atoms with van der Waals surface area (Å²) in [5.74, 6) is -3.26. The van der Waals surface area contributed by atoms with Crippen molar-refractivity contribution in [1.29, 1.82) is 0 Å². The predicted octanol–water partition coefficient (Wildman–Crippen LogP) is 2.70. The fraction of sp³-hybridized carbons (Fsp3) is 0.286.